The van der Waals surface area contributed by atoms with Crippen LogP contribution in [0.2, 0.25) is 0 Å². The molecule has 35 heavy (non-hydrogen) atoms. The molecule has 204 valence electrons. The van der Waals surface area contributed by atoms with Crippen molar-refractivity contribution in [2.75, 3.05) is 26.1 Å². The maximum absolute atomic E-state index is 12.7. The highest BCUT2D eigenvalue weighted by molar-refractivity contribution is 8.08. The molecule has 4 unspecified atom stereocenters. The Balaban J connectivity index is 1.91. The van der Waals surface area contributed by atoms with Crippen molar-refractivity contribution in [2.24, 2.45) is 0 Å². The number of aliphatic hydroxyl groups is 1. The van der Waals surface area contributed by atoms with Gasteiger partial charge in [-0.15, -0.1) is 0 Å². The average molecular weight is 608 g/mol. The van der Waals surface area contributed by atoms with Crippen LogP contribution in [-0.4, -0.2) is 95.1 Å². The molecule has 5 N–H and O–H groups in total. The van der Waals surface area contributed by atoms with Gasteiger partial charge in [0.25, 0.3) is 0 Å². The lowest BCUT2D eigenvalue weighted by atomic mass is 9.96. The van der Waals surface area contributed by atoms with Gasteiger partial charge in [-0.3, -0.25) is 13.6 Å². The van der Waals surface area contributed by atoms with Crippen LogP contribution in [0.5, 0.6) is 0 Å². The molecule has 2 aliphatic heterocycles. The van der Waals surface area contributed by atoms with Crippen LogP contribution in [0.3, 0.4) is 0 Å². The number of phosphoric ester groups is 1. The smallest absolute Gasteiger partial charge is 0.390 e. The standard InChI is InChI=1S/C13H26BFO15P4S/c1-2-31(17,18)29-33(21,22)30-34(23,35)25-7-12-10(4-13(14)27-12)28-32(19,20)24-6-11-9(16)3-8(5-15)26-11/h8-13,16H,2-7H2,1H3,(H,17,18)(H,19,20)(H,21,22)(H,23,35)/t8-,9+,10+,11-,12-,13-,34?/m1/s1. The molecule has 2 fully saturated rings. The van der Waals surface area contributed by atoms with E-state index < -0.39 is 92.5 Å². The molecular formula is C13H26BFO15P4S. The van der Waals surface area contributed by atoms with Crippen LogP contribution in [0.1, 0.15) is 19.8 Å². The topological polar surface area (TPSA) is 217 Å². The van der Waals surface area contributed by atoms with Crippen LogP contribution >= 0.6 is 30.0 Å². The predicted molar refractivity (Wildman–Crippen MR) is 120 cm³/mol. The molecule has 2 saturated heterocycles. The highest BCUT2D eigenvalue weighted by atomic mass is 32.5. The average Bonchev–Trinajstić information content (AvgIpc) is 3.24. The second-order valence-electron chi connectivity index (χ2n) is 7.46. The highest BCUT2D eigenvalue weighted by Gasteiger charge is 2.43. The lowest BCUT2D eigenvalue weighted by molar-refractivity contribution is -0.0366. The molecule has 10 atom stereocenters. The van der Waals surface area contributed by atoms with Crippen molar-refractivity contribution in [2.45, 2.75) is 56.3 Å². The SMILES string of the molecule is [B][C@H]1C[C@H](OP(=O)(O)OC[C@H]2O[C@@H](CF)C[C@@H]2O)[C@@H](COP(O)(=S)OP(=O)(O)OP(=O)(O)CC)O1. The third-order valence-corrected chi connectivity index (χ3v) is 11.3. The Morgan fingerprint density at radius 3 is 2.20 bits per heavy atom. The Morgan fingerprint density at radius 2 is 1.63 bits per heavy atom. The first-order chi connectivity index (χ1) is 16.0. The third-order valence-electron chi connectivity index (χ3n) is 4.61. The van der Waals surface area contributed by atoms with Crippen LogP contribution in [-0.2, 0) is 57.2 Å². The van der Waals surface area contributed by atoms with Gasteiger partial charge in [0.15, 0.2) is 0 Å². The number of aliphatic hydroxyl groups excluding tert-OH is 1. The number of ether oxygens (including phenoxy) is 2. The van der Waals surface area contributed by atoms with Crippen LogP contribution in [0, 0.1) is 0 Å². The zero-order valence-corrected chi connectivity index (χ0v) is 22.6. The molecule has 0 spiro atoms. The van der Waals surface area contributed by atoms with E-state index in [4.69, 9.17) is 30.9 Å². The van der Waals surface area contributed by atoms with Gasteiger partial charge < -0.3 is 38.7 Å². The van der Waals surface area contributed by atoms with E-state index in [1.165, 1.54) is 6.92 Å². The molecule has 22 heteroatoms. The van der Waals surface area contributed by atoms with E-state index >= 15 is 0 Å². The highest BCUT2D eigenvalue weighted by Crippen LogP contribution is 2.67. The van der Waals surface area contributed by atoms with E-state index in [9.17, 15) is 42.8 Å². The molecule has 0 bridgehead atoms. The number of hydrogen-bond acceptors (Lipinski definition) is 12. The van der Waals surface area contributed by atoms with Gasteiger partial charge in [-0.25, -0.2) is 22.1 Å². The van der Waals surface area contributed by atoms with Crippen LogP contribution < -0.4 is 0 Å². The molecule has 15 nitrogen and oxygen atoms in total. The monoisotopic (exact) mass is 608 g/mol. The number of rotatable bonds is 14. The van der Waals surface area contributed by atoms with Gasteiger partial charge in [0.2, 0.25) is 0 Å². The maximum atomic E-state index is 12.7. The van der Waals surface area contributed by atoms with Crippen molar-refractivity contribution in [3.8, 4) is 0 Å². The molecule has 0 amide bonds. The van der Waals surface area contributed by atoms with Crippen LogP contribution in [0.15, 0.2) is 0 Å². The number of hydrogen-bond donors (Lipinski definition) is 5. The molecule has 2 radical (unpaired) electrons. The Morgan fingerprint density at radius 1 is 1.00 bits per heavy atom. The van der Waals surface area contributed by atoms with E-state index in [0.29, 0.717) is 0 Å². The van der Waals surface area contributed by atoms with Crippen molar-refractivity contribution in [3.63, 3.8) is 0 Å². The minimum absolute atomic E-state index is 0.0128. The quantitative estimate of drug-likeness (QED) is 0.136. The molecule has 0 saturated carbocycles. The predicted octanol–water partition coefficient (Wildman–Crippen LogP) is 0.832. The van der Waals surface area contributed by atoms with Crippen molar-refractivity contribution in [1.82, 2.24) is 0 Å². The summed E-state index contributed by atoms with van der Waals surface area (Å²) >= 11 is 4.58. The Bertz CT molecular complexity index is 914. The molecule has 0 aromatic carbocycles. The summed E-state index contributed by atoms with van der Waals surface area (Å²) in [5.74, 6) is 0. The molecule has 0 aliphatic carbocycles. The summed E-state index contributed by atoms with van der Waals surface area (Å²) in [6.07, 6.45) is -6.22. The molecule has 2 aliphatic rings. The zero-order valence-electron chi connectivity index (χ0n) is 18.2. The second kappa shape index (κ2) is 12.8. The second-order valence-corrected chi connectivity index (χ2v) is 15.6. The maximum Gasteiger partial charge on any atom is 0.486 e. The summed E-state index contributed by atoms with van der Waals surface area (Å²) in [7, 11) is -8.94. The summed E-state index contributed by atoms with van der Waals surface area (Å²) in [6.45, 7) is -5.51. The first-order valence-corrected chi connectivity index (χ1v) is 17.3. The minimum atomic E-state index is -5.31. The fraction of sp³-hybridized carbons (Fsp3) is 1.00. The van der Waals surface area contributed by atoms with Crippen molar-refractivity contribution in [1.29, 1.82) is 0 Å². The summed E-state index contributed by atoms with van der Waals surface area (Å²) < 4.78 is 81.8. The third kappa shape index (κ3) is 10.9. The first kappa shape index (κ1) is 32.1. The molecule has 0 aromatic heterocycles. The first-order valence-electron chi connectivity index (χ1n) is 9.97. The summed E-state index contributed by atoms with van der Waals surface area (Å²) in [5.41, 5.74) is 0. The van der Waals surface area contributed by atoms with Crippen molar-refractivity contribution in [3.05, 3.63) is 0 Å². The van der Waals surface area contributed by atoms with Gasteiger partial charge in [-0.05, 0) is 18.2 Å². The fourth-order valence-corrected chi connectivity index (χ4v) is 8.60. The minimum Gasteiger partial charge on any atom is -0.390 e. The molecule has 2 heterocycles. The van der Waals surface area contributed by atoms with Gasteiger partial charge >= 0.3 is 30.0 Å². The summed E-state index contributed by atoms with van der Waals surface area (Å²) in [6, 6.07) is -1.01. The molecule has 0 aromatic rings. The lowest BCUT2D eigenvalue weighted by Gasteiger charge is -2.25. The van der Waals surface area contributed by atoms with E-state index in [0.717, 1.165) is 0 Å². The molecule has 2 rings (SSSR count). The summed E-state index contributed by atoms with van der Waals surface area (Å²) in [4.78, 5) is 38.9. The summed E-state index contributed by atoms with van der Waals surface area (Å²) in [5, 5.41) is 9.80. The number of halogens is 1. The zero-order chi connectivity index (χ0) is 26.7. The van der Waals surface area contributed by atoms with E-state index in [1.807, 2.05) is 0 Å². The van der Waals surface area contributed by atoms with Gasteiger partial charge in [0, 0.05) is 18.6 Å². The molecular weight excluding hydrogens is 582 g/mol. The van der Waals surface area contributed by atoms with Gasteiger partial charge in [0.05, 0.1) is 31.5 Å². The van der Waals surface area contributed by atoms with Gasteiger partial charge in [-0.2, -0.15) is 0 Å². The van der Waals surface area contributed by atoms with Crippen molar-refractivity contribution < 1.29 is 74.4 Å². The number of phosphoric acid groups is 2. The fourth-order valence-electron chi connectivity index (χ4n) is 2.99. The van der Waals surface area contributed by atoms with E-state index in [1.54, 1.807) is 0 Å². The van der Waals surface area contributed by atoms with E-state index in [2.05, 4.69) is 20.4 Å². The van der Waals surface area contributed by atoms with Gasteiger partial charge in [-0.1, -0.05) is 6.92 Å². The normalized spacial score (nSPS) is 36.2. The Labute approximate surface area is 206 Å². The number of alkyl halides is 1. The lowest BCUT2D eigenvalue weighted by Crippen LogP contribution is -2.30. The Hall–Kier alpha value is 0.855. The Kier molecular flexibility index (Phi) is 11.7. The van der Waals surface area contributed by atoms with Crippen molar-refractivity contribution >= 4 is 49.6 Å². The van der Waals surface area contributed by atoms with Crippen LogP contribution in [0.4, 0.5) is 4.39 Å². The van der Waals surface area contributed by atoms with Crippen LogP contribution in [0.25, 0.3) is 0 Å². The van der Waals surface area contributed by atoms with Gasteiger partial charge in [0.1, 0.15) is 26.7 Å². The van der Waals surface area contributed by atoms with E-state index in [-0.39, 0.29) is 12.8 Å². The largest absolute Gasteiger partial charge is 0.486 e.